The Hall–Kier alpha value is -2.78. The van der Waals surface area contributed by atoms with Crippen LogP contribution in [-0.4, -0.2) is 26.2 Å². The largest absolute Gasteiger partial charge is 1.00 e. The average molecular weight is 502 g/mol. The molecule has 2 aromatic carbocycles. The molecule has 0 amide bonds. The first-order valence-corrected chi connectivity index (χ1v) is 7.67. The Morgan fingerprint density at radius 1 is 0.964 bits per heavy atom. The standard InChI is InChI=1S/C9H6FNO2.C8H6BrFO2.CN.Cu/c1-13-9(12)8-4-7(10)3-2-6(8)5-11;1-12-8(11)6-4-5(10)2-3-7(6)9;1-2;/h2-4H,1H3;2-4H,1H3;;/q;;-1;+1. The van der Waals surface area contributed by atoms with Gasteiger partial charge in [-0.2, -0.15) is 5.26 Å². The maximum Gasteiger partial charge on any atom is 1.00 e. The summed E-state index contributed by atoms with van der Waals surface area (Å²) in [5.41, 5.74) is 0.246. The van der Waals surface area contributed by atoms with E-state index >= 15 is 0 Å². The molecule has 0 heterocycles. The normalized spacial score (nSPS) is 8.36. The minimum absolute atomic E-state index is 0. The molecule has 0 saturated heterocycles. The third-order valence-corrected chi connectivity index (χ3v) is 3.53. The van der Waals surface area contributed by atoms with Crippen molar-refractivity contribution in [1.82, 2.24) is 0 Å². The van der Waals surface area contributed by atoms with Gasteiger partial charge in [-0.3, -0.25) is 0 Å². The van der Waals surface area contributed by atoms with Gasteiger partial charge < -0.3 is 21.3 Å². The molecule has 150 valence electrons. The average Bonchev–Trinajstić information content (AvgIpc) is 2.70. The van der Waals surface area contributed by atoms with Crippen LogP contribution in [0.4, 0.5) is 8.78 Å². The van der Waals surface area contributed by atoms with E-state index in [9.17, 15) is 18.4 Å². The van der Waals surface area contributed by atoms with E-state index in [1.807, 2.05) is 0 Å². The van der Waals surface area contributed by atoms with E-state index in [4.69, 9.17) is 17.1 Å². The van der Waals surface area contributed by atoms with Crippen molar-refractivity contribution in [1.29, 1.82) is 10.5 Å². The Kier molecular flexibility index (Phi) is 14.0. The molecule has 0 N–H and O–H groups in total. The van der Waals surface area contributed by atoms with Gasteiger partial charge in [0.25, 0.3) is 0 Å². The molecule has 0 fully saturated rings. The van der Waals surface area contributed by atoms with Crippen LogP contribution in [0.25, 0.3) is 0 Å². The van der Waals surface area contributed by atoms with Crippen molar-refractivity contribution in [2.24, 2.45) is 0 Å². The maximum atomic E-state index is 12.7. The molecular weight excluding hydrogens is 490 g/mol. The van der Waals surface area contributed by atoms with Crippen LogP contribution in [-0.2, 0) is 26.5 Å². The maximum absolute atomic E-state index is 12.7. The van der Waals surface area contributed by atoms with Crippen LogP contribution >= 0.6 is 15.9 Å². The van der Waals surface area contributed by atoms with E-state index in [1.54, 1.807) is 6.07 Å². The van der Waals surface area contributed by atoms with Gasteiger partial charge in [-0.1, -0.05) is 0 Å². The number of halogens is 3. The summed E-state index contributed by atoms with van der Waals surface area (Å²) in [5.74, 6) is -2.30. The molecule has 0 aliphatic heterocycles. The second kappa shape index (κ2) is 14.3. The van der Waals surface area contributed by atoms with E-state index in [-0.39, 0.29) is 33.8 Å². The number of esters is 2. The Labute approximate surface area is 179 Å². The predicted octanol–water partition coefficient (Wildman–Crippen LogP) is 3.95. The number of hydrogen-bond donors (Lipinski definition) is 0. The number of benzene rings is 2. The second-order valence-electron chi connectivity index (χ2n) is 4.41. The number of carbonyl (C=O) groups is 2. The topological polar surface area (TPSA) is 100 Å². The fourth-order valence-electron chi connectivity index (χ4n) is 1.66. The molecule has 2 aromatic rings. The summed E-state index contributed by atoms with van der Waals surface area (Å²) < 4.78 is 34.6. The molecular formula is C18H12BrCuF2N2O4. The summed E-state index contributed by atoms with van der Waals surface area (Å²) in [6.07, 6.45) is 0. The fourth-order valence-corrected chi connectivity index (χ4v) is 2.07. The van der Waals surface area contributed by atoms with E-state index in [0.29, 0.717) is 4.47 Å². The smallest absolute Gasteiger partial charge is 0.512 e. The van der Waals surface area contributed by atoms with E-state index in [2.05, 4.69) is 25.4 Å². The zero-order chi connectivity index (χ0) is 21.0. The minimum Gasteiger partial charge on any atom is -0.512 e. The summed E-state index contributed by atoms with van der Waals surface area (Å²) >= 11 is 3.10. The van der Waals surface area contributed by atoms with Gasteiger partial charge in [0.05, 0.1) is 30.9 Å². The molecule has 0 radical (unpaired) electrons. The molecule has 28 heavy (non-hydrogen) atoms. The Morgan fingerprint density at radius 3 is 1.86 bits per heavy atom. The number of carbonyl (C=O) groups excluding carboxylic acids is 2. The zero-order valence-electron chi connectivity index (χ0n) is 14.4. The first-order chi connectivity index (χ1) is 12.8. The van der Waals surface area contributed by atoms with E-state index in [1.165, 1.54) is 32.4 Å². The summed E-state index contributed by atoms with van der Waals surface area (Å²) in [4.78, 5) is 22.0. The zero-order valence-corrected chi connectivity index (χ0v) is 17.0. The molecule has 0 aromatic heterocycles. The number of nitrogens with zero attached hydrogens (tertiary/aromatic N) is 2. The van der Waals surface area contributed by atoms with Gasteiger partial charge in [0.2, 0.25) is 0 Å². The van der Waals surface area contributed by atoms with Gasteiger partial charge in [-0.15, -0.1) is 0 Å². The van der Waals surface area contributed by atoms with Crippen molar-refractivity contribution in [3.63, 3.8) is 0 Å². The van der Waals surface area contributed by atoms with Gasteiger partial charge in [0, 0.05) is 4.47 Å². The van der Waals surface area contributed by atoms with Crippen LogP contribution in [0.2, 0.25) is 0 Å². The number of ether oxygens (including phenoxy) is 2. The molecule has 2 rings (SSSR count). The third-order valence-electron chi connectivity index (χ3n) is 2.84. The van der Waals surface area contributed by atoms with Crippen molar-refractivity contribution in [3.8, 4) is 6.07 Å². The Bertz CT molecular complexity index is 886. The quantitative estimate of drug-likeness (QED) is 0.351. The SMILES string of the molecule is COC(=O)c1cc(F)ccc1Br.COC(=O)c1cc(F)ccc1C#N.[C-]#N.[Cu+]. The second-order valence-corrected chi connectivity index (χ2v) is 5.26. The molecule has 0 saturated carbocycles. The third kappa shape index (κ3) is 8.28. The van der Waals surface area contributed by atoms with E-state index < -0.39 is 23.6 Å². The van der Waals surface area contributed by atoms with Gasteiger partial charge in [0.15, 0.2) is 0 Å². The number of methoxy groups -OCH3 is 2. The van der Waals surface area contributed by atoms with Crippen molar-refractivity contribution in [2.45, 2.75) is 0 Å². The number of nitriles is 1. The molecule has 6 nitrogen and oxygen atoms in total. The minimum atomic E-state index is -0.712. The van der Waals surface area contributed by atoms with Crippen molar-refractivity contribution < 1.29 is 44.9 Å². The van der Waals surface area contributed by atoms with Gasteiger partial charge >= 0.3 is 29.0 Å². The number of rotatable bonds is 2. The molecule has 0 aliphatic carbocycles. The summed E-state index contributed by atoms with van der Waals surface area (Å²) in [6.45, 7) is 4.75. The predicted molar refractivity (Wildman–Crippen MR) is 92.9 cm³/mol. The van der Waals surface area contributed by atoms with Gasteiger partial charge in [-0.05, 0) is 52.3 Å². The first kappa shape index (κ1) is 27.4. The monoisotopic (exact) mass is 500 g/mol. The molecule has 0 spiro atoms. The van der Waals surface area contributed by atoms with Crippen LogP contribution in [0.1, 0.15) is 26.3 Å². The molecule has 10 heteroatoms. The number of hydrogen-bond acceptors (Lipinski definition) is 6. The van der Waals surface area contributed by atoms with Gasteiger partial charge in [0.1, 0.15) is 17.7 Å². The summed E-state index contributed by atoms with van der Waals surface area (Å²) in [5, 5.41) is 14.8. The van der Waals surface area contributed by atoms with Crippen molar-refractivity contribution in [3.05, 3.63) is 75.8 Å². The first-order valence-electron chi connectivity index (χ1n) is 6.87. The Morgan fingerprint density at radius 2 is 1.39 bits per heavy atom. The van der Waals surface area contributed by atoms with Crippen molar-refractivity contribution >= 4 is 27.9 Å². The summed E-state index contributed by atoms with van der Waals surface area (Å²) in [6, 6.07) is 8.94. The van der Waals surface area contributed by atoms with Crippen LogP contribution in [0, 0.1) is 34.8 Å². The fraction of sp³-hybridized carbons (Fsp3) is 0.111. The van der Waals surface area contributed by atoms with Crippen LogP contribution < -0.4 is 0 Å². The van der Waals surface area contributed by atoms with Crippen molar-refractivity contribution in [2.75, 3.05) is 14.2 Å². The molecule has 0 bridgehead atoms. The van der Waals surface area contributed by atoms with E-state index in [0.717, 1.165) is 18.2 Å². The van der Waals surface area contributed by atoms with Crippen LogP contribution in [0.3, 0.4) is 0 Å². The Balaban J connectivity index is 0. The van der Waals surface area contributed by atoms with Crippen LogP contribution in [0.5, 0.6) is 0 Å². The molecule has 0 atom stereocenters. The van der Waals surface area contributed by atoms with Crippen LogP contribution in [0.15, 0.2) is 40.9 Å². The van der Waals surface area contributed by atoms with Gasteiger partial charge in [-0.25, -0.2) is 18.4 Å². The molecule has 0 unspecified atom stereocenters. The molecule has 0 aliphatic rings. The summed E-state index contributed by atoms with van der Waals surface area (Å²) in [7, 11) is 2.42.